The van der Waals surface area contributed by atoms with Crippen LogP contribution in [0.15, 0.2) is 51.8 Å². The van der Waals surface area contributed by atoms with Crippen molar-refractivity contribution < 1.29 is 13.2 Å². The maximum atomic E-state index is 13.5. The van der Waals surface area contributed by atoms with Gasteiger partial charge in [-0.3, -0.25) is 0 Å². The van der Waals surface area contributed by atoms with Gasteiger partial charge in [0.15, 0.2) is 0 Å². The van der Waals surface area contributed by atoms with Gasteiger partial charge >= 0.3 is 0 Å². The average molecular weight is 486 g/mol. The van der Waals surface area contributed by atoms with Crippen LogP contribution in [0.2, 0.25) is 5.02 Å². The number of ether oxygens (including phenoxy) is 1. The highest BCUT2D eigenvalue weighted by Gasteiger charge is 2.41. The van der Waals surface area contributed by atoms with Gasteiger partial charge < -0.3 is 9.64 Å². The standard InChI is InChI=1S/C20H22BrClN2O3S/c1-23-19(14-7-9-27-10-8-14)13-24(15-5-3-2-4-6-15)18-12-17(22)16(21)11-20(18)28(23,25)26/h2-6,11-12,14,19H,7-10,13H2,1H3/t19-/m0/s1. The number of hydrogen-bond acceptors (Lipinski definition) is 4. The van der Waals surface area contributed by atoms with Gasteiger partial charge in [-0.2, -0.15) is 4.31 Å². The Morgan fingerprint density at radius 1 is 1.14 bits per heavy atom. The number of nitrogens with zero attached hydrogens (tertiary/aromatic N) is 2. The first kappa shape index (κ1) is 20.2. The Morgan fingerprint density at radius 3 is 2.50 bits per heavy atom. The topological polar surface area (TPSA) is 49.9 Å². The Labute approximate surface area is 179 Å². The highest BCUT2D eigenvalue weighted by molar-refractivity contribution is 9.10. The molecule has 0 bridgehead atoms. The van der Waals surface area contributed by atoms with E-state index in [2.05, 4.69) is 20.8 Å². The van der Waals surface area contributed by atoms with Crippen LogP contribution < -0.4 is 4.90 Å². The van der Waals surface area contributed by atoms with Crippen molar-refractivity contribution in [2.75, 3.05) is 31.7 Å². The van der Waals surface area contributed by atoms with E-state index in [1.165, 1.54) is 0 Å². The van der Waals surface area contributed by atoms with Gasteiger partial charge in [0, 0.05) is 43.0 Å². The van der Waals surface area contributed by atoms with Gasteiger partial charge in [-0.15, -0.1) is 0 Å². The van der Waals surface area contributed by atoms with E-state index in [1.54, 1.807) is 23.5 Å². The first-order valence-electron chi connectivity index (χ1n) is 9.27. The Bertz CT molecular complexity index is 965. The normalized spacial score (nSPS) is 23.2. The molecule has 8 heteroatoms. The molecule has 28 heavy (non-hydrogen) atoms. The summed E-state index contributed by atoms with van der Waals surface area (Å²) in [7, 11) is -1.98. The molecule has 0 aromatic heterocycles. The molecular formula is C20H22BrClN2O3S. The van der Waals surface area contributed by atoms with Crippen LogP contribution in [-0.4, -0.2) is 45.6 Å². The molecule has 4 rings (SSSR count). The number of likely N-dealkylation sites (N-methyl/N-ethyl adjacent to an activating group) is 1. The molecule has 2 aromatic carbocycles. The molecule has 1 atom stereocenters. The Kier molecular flexibility index (Phi) is 5.73. The predicted octanol–water partition coefficient (Wildman–Crippen LogP) is 4.67. The van der Waals surface area contributed by atoms with Crippen molar-refractivity contribution in [3.8, 4) is 0 Å². The minimum Gasteiger partial charge on any atom is -0.381 e. The highest BCUT2D eigenvalue weighted by atomic mass is 79.9. The van der Waals surface area contributed by atoms with Crippen molar-refractivity contribution in [3.63, 3.8) is 0 Å². The second-order valence-corrected chi connectivity index (χ2v) is 10.4. The van der Waals surface area contributed by atoms with Crippen molar-refractivity contribution in [3.05, 3.63) is 52.0 Å². The van der Waals surface area contributed by atoms with E-state index in [0.717, 1.165) is 18.5 Å². The van der Waals surface area contributed by atoms with Crippen LogP contribution in [-0.2, 0) is 14.8 Å². The average Bonchev–Trinajstić information content (AvgIpc) is 2.78. The van der Waals surface area contributed by atoms with Gasteiger partial charge in [0.05, 0.1) is 10.7 Å². The maximum absolute atomic E-state index is 13.5. The molecule has 2 heterocycles. The zero-order valence-corrected chi connectivity index (χ0v) is 18.7. The minimum atomic E-state index is -3.67. The van der Waals surface area contributed by atoms with Crippen LogP contribution >= 0.6 is 27.5 Å². The number of para-hydroxylation sites is 1. The summed E-state index contributed by atoms with van der Waals surface area (Å²) in [6.07, 6.45) is 1.71. The van der Waals surface area contributed by atoms with Crippen molar-refractivity contribution in [1.82, 2.24) is 4.31 Å². The monoisotopic (exact) mass is 484 g/mol. The summed E-state index contributed by atoms with van der Waals surface area (Å²) in [6, 6.07) is 13.1. The molecular weight excluding hydrogens is 464 g/mol. The zero-order chi connectivity index (χ0) is 19.9. The molecule has 0 N–H and O–H groups in total. The molecule has 0 radical (unpaired) electrons. The van der Waals surface area contributed by atoms with Gasteiger partial charge in [-0.05, 0) is 59.0 Å². The maximum Gasteiger partial charge on any atom is 0.245 e. The number of benzene rings is 2. The zero-order valence-electron chi connectivity index (χ0n) is 15.5. The van der Waals surface area contributed by atoms with E-state index in [0.29, 0.717) is 34.9 Å². The molecule has 1 fully saturated rings. The van der Waals surface area contributed by atoms with Crippen molar-refractivity contribution >= 4 is 48.9 Å². The second-order valence-electron chi connectivity index (χ2n) is 7.22. The lowest BCUT2D eigenvalue weighted by atomic mass is 9.91. The second kappa shape index (κ2) is 7.95. The predicted molar refractivity (Wildman–Crippen MR) is 115 cm³/mol. The van der Waals surface area contributed by atoms with E-state index in [-0.39, 0.29) is 16.9 Å². The van der Waals surface area contributed by atoms with Crippen molar-refractivity contribution in [1.29, 1.82) is 0 Å². The van der Waals surface area contributed by atoms with Gasteiger partial charge in [0.1, 0.15) is 4.90 Å². The van der Waals surface area contributed by atoms with Crippen molar-refractivity contribution in [2.24, 2.45) is 5.92 Å². The number of anilines is 2. The van der Waals surface area contributed by atoms with Crippen LogP contribution in [0.3, 0.4) is 0 Å². The van der Waals surface area contributed by atoms with E-state index in [1.807, 2.05) is 30.3 Å². The molecule has 2 aliphatic rings. The molecule has 2 aromatic rings. The fourth-order valence-electron chi connectivity index (χ4n) is 4.07. The molecule has 0 aliphatic carbocycles. The van der Waals surface area contributed by atoms with Gasteiger partial charge in [-0.1, -0.05) is 29.8 Å². The molecule has 5 nitrogen and oxygen atoms in total. The third-order valence-electron chi connectivity index (χ3n) is 5.66. The first-order chi connectivity index (χ1) is 13.4. The lowest BCUT2D eigenvalue weighted by molar-refractivity contribution is 0.0465. The Hall–Kier alpha value is -1.12. The Balaban J connectivity index is 1.90. The largest absolute Gasteiger partial charge is 0.381 e. The lowest BCUT2D eigenvalue weighted by Crippen LogP contribution is -2.47. The fraction of sp³-hybridized carbons (Fsp3) is 0.400. The third kappa shape index (κ3) is 3.59. The van der Waals surface area contributed by atoms with E-state index in [4.69, 9.17) is 16.3 Å². The molecule has 0 spiro atoms. The fourth-order valence-corrected chi connectivity index (χ4v) is 6.33. The van der Waals surface area contributed by atoms with Crippen LogP contribution in [0, 0.1) is 5.92 Å². The van der Waals surface area contributed by atoms with Gasteiger partial charge in [0.2, 0.25) is 10.0 Å². The number of hydrogen-bond donors (Lipinski definition) is 0. The molecule has 0 unspecified atom stereocenters. The quantitative estimate of drug-likeness (QED) is 0.620. The summed E-state index contributed by atoms with van der Waals surface area (Å²) >= 11 is 9.76. The van der Waals surface area contributed by atoms with Gasteiger partial charge in [-0.25, -0.2) is 8.42 Å². The minimum absolute atomic E-state index is 0.154. The number of rotatable bonds is 2. The summed E-state index contributed by atoms with van der Waals surface area (Å²) in [5.41, 5.74) is 1.56. The SMILES string of the molecule is CN1[C@H](C2CCOCC2)CN(c2ccccc2)c2cc(Cl)c(Br)cc2S1(=O)=O. The van der Waals surface area contributed by atoms with Crippen LogP contribution in [0.25, 0.3) is 0 Å². The molecule has 0 saturated carbocycles. The highest BCUT2D eigenvalue weighted by Crippen LogP contribution is 2.42. The Morgan fingerprint density at radius 2 is 1.82 bits per heavy atom. The number of sulfonamides is 1. The summed E-state index contributed by atoms with van der Waals surface area (Å²) in [5.74, 6) is 0.243. The summed E-state index contributed by atoms with van der Waals surface area (Å²) in [4.78, 5) is 2.35. The molecule has 150 valence electrons. The smallest absolute Gasteiger partial charge is 0.245 e. The number of fused-ring (bicyclic) bond motifs is 1. The summed E-state index contributed by atoms with van der Waals surface area (Å²) < 4.78 is 34.7. The lowest BCUT2D eigenvalue weighted by Gasteiger charge is -2.36. The van der Waals surface area contributed by atoms with E-state index in [9.17, 15) is 8.42 Å². The van der Waals surface area contributed by atoms with Crippen LogP contribution in [0.5, 0.6) is 0 Å². The summed E-state index contributed by atoms with van der Waals surface area (Å²) in [6.45, 7) is 1.91. The van der Waals surface area contributed by atoms with Crippen LogP contribution in [0.1, 0.15) is 12.8 Å². The van der Waals surface area contributed by atoms with Crippen LogP contribution in [0.4, 0.5) is 11.4 Å². The molecule has 1 saturated heterocycles. The van der Waals surface area contributed by atoms with Gasteiger partial charge in [0.25, 0.3) is 0 Å². The van der Waals surface area contributed by atoms with E-state index < -0.39 is 10.0 Å². The van der Waals surface area contributed by atoms with Crippen molar-refractivity contribution in [2.45, 2.75) is 23.8 Å². The third-order valence-corrected chi connectivity index (χ3v) is 8.77. The number of halogens is 2. The summed E-state index contributed by atoms with van der Waals surface area (Å²) in [5, 5.41) is 0.488. The first-order valence-corrected chi connectivity index (χ1v) is 11.9. The molecule has 2 aliphatic heterocycles. The molecule has 0 amide bonds. The van der Waals surface area contributed by atoms with E-state index >= 15 is 0 Å².